The Morgan fingerprint density at radius 1 is 0.422 bits per heavy atom. The van der Waals surface area contributed by atoms with E-state index in [1.165, 1.54) is 74.1 Å². The molecule has 5 aromatic rings. The molecule has 4 fully saturated rings. The Morgan fingerprint density at radius 2 is 0.688 bits per heavy atom. The van der Waals surface area contributed by atoms with Crippen molar-refractivity contribution in [1.82, 2.24) is 0 Å². The van der Waals surface area contributed by atoms with Gasteiger partial charge in [0, 0.05) is 80.7 Å². The van der Waals surface area contributed by atoms with Crippen LogP contribution in [0.2, 0.25) is 20.1 Å². The molecule has 4 saturated heterocycles. The summed E-state index contributed by atoms with van der Waals surface area (Å²) in [6.07, 6.45) is 9.51. The third-order valence-electron chi connectivity index (χ3n) is 14.4. The van der Waals surface area contributed by atoms with Crippen LogP contribution >= 0.6 is 46.4 Å². The standard InChI is InChI=1S/C54H54Cl4N4O2/c1-35(45(37-11-19-41(20-12-37)59-27-3-4-28-59)38-13-21-42(22-14-38)60-29-5-6-30-60)54(48-47(53(63)64-54)49(55)51(57)52(58)50(48)56)36(2)46(39-15-23-43(24-16-39)61-31-7-8-32-61)40-17-25-44(26-18-40)62-33-9-10-34-62/h11-26H,3-10,27-34H2,1-2H3. The van der Waals surface area contributed by atoms with Gasteiger partial charge in [-0.1, -0.05) is 94.9 Å². The second-order valence-corrected chi connectivity index (χ2v) is 19.6. The summed E-state index contributed by atoms with van der Waals surface area (Å²) in [6, 6.07) is 35.3. The summed E-state index contributed by atoms with van der Waals surface area (Å²) in [4.78, 5) is 24.5. The van der Waals surface area contributed by atoms with Crippen molar-refractivity contribution in [3.63, 3.8) is 0 Å². The molecule has 5 aliphatic rings. The number of carbonyl (C=O) groups excluding carboxylic acids is 1. The number of nitrogens with zero attached hydrogens (tertiary/aromatic N) is 4. The molecule has 6 nitrogen and oxygen atoms in total. The van der Waals surface area contributed by atoms with Crippen LogP contribution in [0.25, 0.3) is 11.1 Å². The number of benzene rings is 5. The third kappa shape index (κ3) is 7.66. The van der Waals surface area contributed by atoms with E-state index in [9.17, 15) is 4.79 Å². The molecule has 5 heterocycles. The predicted molar refractivity (Wildman–Crippen MR) is 269 cm³/mol. The van der Waals surface area contributed by atoms with Crippen molar-refractivity contribution >= 4 is 86.3 Å². The van der Waals surface area contributed by atoms with E-state index in [0.29, 0.717) is 5.56 Å². The van der Waals surface area contributed by atoms with Crippen molar-refractivity contribution in [3.05, 3.63) is 162 Å². The van der Waals surface area contributed by atoms with E-state index in [2.05, 4.69) is 131 Å². The number of hydrogen-bond donors (Lipinski definition) is 0. The lowest BCUT2D eigenvalue weighted by molar-refractivity contribution is 0.0230. The van der Waals surface area contributed by atoms with Crippen LogP contribution in [-0.2, 0) is 10.3 Å². The highest BCUT2D eigenvalue weighted by Crippen LogP contribution is 2.58. The number of ether oxygens (including phenoxy) is 1. The predicted octanol–water partition coefficient (Wildman–Crippen LogP) is 14.1. The van der Waals surface area contributed by atoms with Crippen LogP contribution < -0.4 is 19.6 Å². The number of anilines is 4. The highest BCUT2D eigenvalue weighted by atomic mass is 35.5. The van der Waals surface area contributed by atoms with E-state index in [1.54, 1.807) is 0 Å². The fourth-order valence-electron chi connectivity index (χ4n) is 11.0. The highest BCUT2D eigenvalue weighted by molar-refractivity contribution is 6.53. The van der Waals surface area contributed by atoms with Crippen LogP contribution in [0.5, 0.6) is 0 Å². The first-order chi connectivity index (χ1) is 31.1. The van der Waals surface area contributed by atoms with Gasteiger partial charge in [-0.05, 0) is 158 Å². The van der Waals surface area contributed by atoms with E-state index < -0.39 is 11.6 Å². The van der Waals surface area contributed by atoms with Gasteiger partial charge >= 0.3 is 5.97 Å². The van der Waals surface area contributed by atoms with Crippen LogP contribution in [0.3, 0.4) is 0 Å². The third-order valence-corrected chi connectivity index (χ3v) is 16.2. The highest BCUT2D eigenvalue weighted by Gasteiger charge is 2.54. The van der Waals surface area contributed by atoms with E-state index >= 15 is 0 Å². The molecular formula is C54H54Cl4N4O2. The Bertz CT molecular complexity index is 2350. The first-order valence-electron chi connectivity index (χ1n) is 23.1. The van der Waals surface area contributed by atoms with Gasteiger partial charge in [0.25, 0.3) is 0 Å². The Morgan fingerprint density at radius 3 is 0.969 bits per heavy atom. The van der Waals surface area contributed by atoms with Crippen molar-refractivity contribution in [2.24, 2.45) is 0 Å². The molecule has 0 amide bonds. The average molecular weight is 933 g/mol. The normalized spacial score (nSPS) is 17.9. The molecule has 0 atom stereocenters. The Balaban J connectivity index is 1.25. The molecular weight excluding hydrogens is 878 g/mol. The number of cyclic esters (lactones) is 1. The van der Waals surface area contributed by atoms with Gasteiger partial charge in [0.15, 0.2) is 5.60 Å². The first kappa shape index (κ1) is 43.3. The second-order valence-electron chi connectivity index (χ2n) is 18.0. The monoisotopic (exact) mass is 930 g/mol. The number of carbonyl (C=O) groups is 1. The zero-order chi connectivity index (χ0) is 44.1. The molecule has 0 aliphatic carbocycles. The fourth-order valence-corrected chi connectivity index (χ4v) is 12.1. The van der Waals surface area contributed by atoms with Crippen molar-refractivity contribution in [1.29, 1.82) is 0 Å². The molecule has 0 saturated carbocycles. The molecule has 0 spiro atoms. The van der Waals surface area contributed by atoms with Crippen LogP contribution in [0, 0.1) is 0 Å². The van der Waals surface area contributed by atoms with Gasteiger partial charge in [0.1, 0.15) is 0 Å². The minimum absolute atomic E-state index is 0.0218. The summed E-state index contributed by atoms with van der Waals surface area (Å²) in [5.74, 6) is -0.611. The molecule has 330 valence electrons. The Labute approximate surface area is 398 Å². The second kappa shape index (κ2) is 18.0. The fraction of sp³-hybridized carbons (Fsp3) is 0.352. The number of hydrogen-bond acceptors (Lipinski definition) is 6. The number of halogens is 4. The van der Waals surface area contributed by atoms with E-state index in [1.807, 2.05) is 0 Å². The van der Waals surface area contributed by atoms with Gasteiger partial charge < -0.3 is 24.3 Å². The molecule has 0 unspecified atom stereocenters. The van der Waals surface area contributed by atoms with E-state index in [0.717, 1.165) is 96.9 Å². The molecule has 5 aromatic carbocycles. The molecule has 10 heteroatoms. The van der Waals surface area contributed by atoms with Crippen LogP contribution in [0.15, 0.2) is 108 Å². The molecule has 10 rings (SSSR count). The summed E-state index contributed by atoms with van der Waals surface area (Å²) in [5, 5.41) is 0.259. The number of fused-ring (bicyclic) bond motifs is 1. The minimum atomic E-state index is -1.57. The van der Waals surface area contributed by atoms with Crippen LogP contribution in [0.4, 0.5) is 22.7 Å². The quantitative estimate of drug-likeness (QED) is 0.0789. The summed E-state index contributed by atoms with van der Waals surface area (Å²) in [7, 11) is 0. The first-order valence-corrected chi connectivity index (χ1v) is 24.6. The molecule has 0 radical (unpaired) electrons. The van der Waals surface area contributed by atoms with Gasteiger partial charge in [-0.2, -0.15) is 0 Å². The Hall–Kier alpha value is -4.59. The van der Waals surface area contributed by atoms with Crippen molar-refractivity contribution in [2.75, 3.05) is 72.0 Å². The minimum Gasteiger partial charge on any atom is -0.441 e. The zero-order valence-electron chi connectivity index (χ0n) is 36.7. The molecule has 0 N–H and O–H groups in total. The average Bonchev–Trinajstić information content (AvgIpc) is 4.19. The largest absolute Gasteiger partial charge is 0.441 e. The molecule has 0 bridgehead atoms. The zero-order valence-corrected chi connectivity index (χ0v) is 39.7. The van der Waals surface area contributed by atoms with Gasteiger partial charge in [-0.3, -0.25) is 0 Å². The summed E-state index contributed by atoms with van der Waals surface area (Å²) < 4.78 is 7.01. The number of rotatable bonds is 10. The van der Waals surface area contributed by atoms with Crippen LogP contribution in [0.1, 0.15) is 103 Å². The lowest BCUT2D eigenvalue weighted by atomic mass is 9.73. The van der Waals surface area contributed by atoms with Gasteiger partial charge in [-0.25, -0.2) is 4.79 Å². The molecule has 64 heavy (non-hydrogen) atoms. The maximum absolute atomic E-state index is 14.8. The van der Waals surface area contributed by atoms with E-state index in [-0.39, 0.29) is 25.7 Å². The molecule has 5 aliphatic heterocycles. The van der Waals surface area contributed by atoms with Gasteiger partial charge in [0.05, 0.1) is 25.7 Å². The summed E-state index contributed by atoms with van der Waals surface area (Å²) in [5.41, 5.74) is 11.1. The summed E-state index contributed by atoms with van der Waals surface area (Å²) >= 11 is 28.3. The maximum atomic E-state index is 14.8. The van der Waals surface area contributed by atoms with Crippen molar-refractivity contribution < 1.29 is 9.53 Å². The van der Waals surface area contributed by atoms with Crippen molar-refractivity contribution in [2.45, 2.75) is 70.8 Å². The molecule has 0 aromatic heterocycles. The Kier molecular flexibility index (Phi) is 12.2. The van der Waals surface area contributed by atoms with Crippen molar-refractivity contribution in [3.8, 4) is 0 Å². The van der Waals surface area contributed by atoms with Gasteiger partial charge in [0.2, 0.25) is 0 Å². The van der Waals surface area contributed by atoms with Gasteiger partial charge in [-0.15, -0.1) is 0 Å². The van der Waals surface area contributed by atoms with E-state index in [4.69, 9.17) is 51.1 Å². The topological polar surface area (TPSA) is 39.3 Å². The lowest BCUT2D eigenvalue weighted by Crippen LogP contribution is -2.32. The summed E-state index contributed by atoms with van der Waals surface area (Å²) in [6.45, 7) is 12.5. The lowest BCUT2D eigenvalue weighted by Gasteiger charge is -2.36. The van der Waals surface area contributed by atoms with Crippen LogP contribution in [-0.4, -0.2) is 58.3 Å². The number of esters is 1. The smallest absolute Gasteiger partial charge is 0.341 e. The SMILES string of the molecule is CC(=C(c1ccc(N2CCCC2)cc1)c1ccc(N2CCCC2)cc1)C1(C(C)=C(c2ccc(N3CCCC3)cc2)c2ccc(N3CCCC3)cc2)OC(=O)c2c(Cl)c(Cl)c(Cl)c(Cl)c21. The maximum Gasteiger partial charge on any atom is 0.341 e.